The van der Waals surface area contributed by atoms with E-state index in [2.05, 4.69) is 10.5 Å². The van der Waals surface area contributed by atoms with Crippen LogP contribution in [-0.4, -0.2) is 25.1 Å². The molecule has 3 aromatic rings. The number of hydrogen-bond acceptors (Lipinski definition) is 5. The van der Waals surface area contributed by atoms with E-state index in [1.165, 1.54) is 12.1 Å². The zero-order valence-corrected chi connectivity index (χ0v) is 18.0. The Balaban J connectivity index is 0.000000262. The van der Waals surface area contributed by atoms with Gasteiger partial charge in [-0.25, -0.2) is 18.4 Å². The number of nitrogens with zero attached hydrogens (tertiary/aromatic N) is 2. The second-order valence-corrected chi connectivity index (χ2v) is 7.89. The third-order valence-corrected chi connectivity index (χ3v) is 4.78. The van der Waals surface area contributed by atoms with Crippen LogP contribution >= 0.6 is 0 Å². The van der Waals surface area contributed by atoms with Gasteiger partial charge in [-0.3, -0.25) is 4.79 Å². The Kier molecular flexibility index (Phi) is 8.80. The molecule has 0 radical (unpaired) electrons. The minimum atomic E-state index is -4.27. The number of carbonyl (C=O) groups excluding carboxylic acids is 1. The predicted octanol–water partition coefficient (Wildman–Crippen LogP) is 2.84. The fraction of sp³-hybridized carbons (Fsp3) is 0.0870. The quantitative estimate of drug-likeness (QED) is 0.287. The van der Waals surface area contributed by atoms with Crippen molar-refractivity contribution in [1.29, 1.82) is 0 Å². The molecule has 1 aromatic heterocycles. The first kappa shape index (κ1) is 23.7. The van der Waals surface area contributed by atoms with E-state index in [0.29, 0.717) is 5.56 Å². The Labute approximate surface area is 182 Å². The minimum absolute atomic E-state index is 0.178. The van der Waals surface area contributed by atoms with Crippen molar-refractivity contribution in [1.82, 2.24) is 5.43 Å². The number of amides is 1. The summed E-state index contributed by atoms with van der Waals surface area (Å²) in [4.78, 5) is 11.6. The van der Waals surface area contributed by atoms with Gasteiger partial charge in [-0.1, -0.05) is 54.1 Å². The normalized spacial score (nSPS) is 11.2. The first-order chi connectivity index (χ1) is 14.8. The Morgan fingerprint density at radius 3 is 2.32 bits per heavy atom. The summed E-state index contributed by atoms with van der Waals surface area (Å²) in [5.74, 6) is -0.231. The van der Waals surface area contributed by atoms with E-state index in [1.807, 2.05) is 67.2 Å². The number of pyridine rings is 1. The van der Waals surface area contributed by atoms with Gasteiger partial charge in [0.25, 0.3) is 5.91 Å². The number of hydrazone groups is 1. The monoisotopic (exact) mass is 437 g/mol. The van der Waals surface area contributed by atoms with E-state index in [9.17, 15) is 17.8 Å². The topological polar surface area (TPSA) is 103 Å². The molecule has 0 aliphatic rings. The summed E-state index contributed by atoms with van der Waals surface area (Å²) < 4.78 is 33.0. The highest BCUT2D eigenvalue weighted by Crippen LogP contribution is 2.08. The van der Waals surface area contributed by atoms with Gasteiger partial charge in [0.05, 0.1) is 4.90 Å². The van der Waals surface area contributed by atoms with Crippen LogP contribution in [0.5, 0.6) is 0 Å². The van der Waals surface area contributed by atoms with Gasteiger partial charge in [-0.05, 0) is 36.8 Å². The Hall–Kier alpha value is -3.62. The lowest BCUT2D eigenvalue weighted by Crippen LogP contribution is -2.29. The van der Waals surface area contributed by atoms with Crippen LogP contribution in [-0.2, 0) is 17.2 Å². The lowest BCUT2D eigenvalue weighted by atomic mass is 10.2. The molecule has 0 aliphatic heterocycles. The molecule has 7 nitrogen and oxygen atoms in total. The van der Waals surface area contributed by atoms with Gasteiger partial charge in [0.1, 0.15) is 22.7 Å². The highest BCUT2D eigenvalue weighted by Gasteiger charge is 2.06. The molecule has 0 unspecified atom stereocenters. The van der Waals surface area contributed by atoms with Crippen molar-refractivity contribution < 1.29 is 22.3 Å². The molecule has 0 atom stereocenters. The van der Waals surface area contributed by atoms with Gasteiger partial charge in [-0.2, -0.15) is 5.10 Å². The molecular formula is C23H23N3O4S. The van der Waals surface area contributed by atoms with Crippen molar-refractivity contribution >= 4 is 28.3 Å². The van der Waals surface area contributed by atoms with Crippen molar-refractivity contribution in [2.75, 3.05) is 0 Å². The highest BCUT2D eigenvalue weighted by molar-refractivity contribution is 7.85. The van der Waals surface area contributed by atoms with Crippen LogP contribution in [0.1, 0.15) is 21.5 Å². The predicted molar refractivity (Wildman–Crippen MR) is 118 cm³/mol. The average Bonchev–Trinajstić information content (AvgIpc) is 2.74. The second kappa shape index (κ2) is 11.5. The van der Waals surface area contributed by atoms with Crippen LogP contribution in [0.3, 0.4) is 0 Å². The lowest BCUT2D eigenvalue weighted by Gasteiger charge is -2.05. The SMILES string of the molecule is C[n+]1cccc(C(=O)N/N=C/C=C/c2ccccc2)c1.Cc1ccc(S(=O)(=O)[O-])cc1. The number of aryl methyl sites for hydroxylation is 2. The van der Waals surface area contributed by atoms with Gasteiger partial charge in [0.15, 0.2) is 12.4 Å². The third kappa shape index (κ3) is 8.73. The zero-order valence-electron chi connectivity index (χ0n) is 17.2. The number of rotatable bonds is 5. The van der Waals surface area contributed by atoms with Crippen molar-refractivity contribution in [3.05, 3.63) is 102 Å². The van der Waals surface area contributed by atoms with Crippen LogP contribution in [0.15, 0.2) is 95.2 Å². The standard InChI is InChI=1S/C16H15N3O.C7H8O3S/c1-19-12-6-10-15(13-19)16(20)18-17-11-5-9-14-7-3-2-4-8-14;1-6-2-4-7(5-3-6)11(8,9)10/h2-13H,1H3;2-5H,1H3,(H,8,9,10)/b9-5+,17-11+;. The number of allylic oxidation sites excluding steroid dienone is 1. The summed E-state index contributed by atoms with van der Waals surface area (Å²) in [6.45, 7) is 1.82. The van der Waals surface area contributed by atoms with Crippen molar-refractivity contribution in [3.8, 4) is 0 Å². The number of hydrogen-bond donors (Lipinski definition) is 1. The lowest BCUT2D eigenvalue weighted by molar-refractivity contribution is -0.671. The van der Waals surface area contributed by atoms with Crippen molar-refractivity contribution in [2.45, 2.75) is 11.8 Å². The largest absolute Gasteiger partial charge is 0.744 e. The molecule has 0 spiro atoms. The van der Waals surface area contributed by atoms with E-state index in [-0.39, 0.29) is 10.8 Å². The Morgan fingerprint density at radius 2 is 1.71 bits per heavy atom. The summed E-state index contributed by atoms with van der Waals surface area (Å²) in [5.41, 5.74) is 5.06. The minimum Gasteiger partial charge on any atom is -0.744 e. The van der Waals surface area contributed by atoms with Gasteiger partial charge < -0.3 is 4.55 Å². The maximum absolute atomic E-state index is 11.8. The zero-order chi connectivity index (χ0) is 22.7. The Bertz CT molecular complexity index is 1160. The molecule has 31 heavy (non-hydrogen) atoms. The van der Waals surface area contributed by atoms with Crippen molar-refractivity contribution in [3.63, 3.8) is 0 Å². The molecule has 0 saturated heterocycles. The van der Waals surface area contributed by atoms with Crippen LogP contribution in [0.25, 0.3) is 6.08 Å². The number of carbonyl (C=O) groups is 1. The maximum atomic E-state index is 11.8. The fourth-order valence-electron chi connectivity index (χ4n) is 2.35. The molecule has 1 heterocycles. The van der Waals surface area contributed by atoms with Crippen LogP contribution < -0.4 is 9.99 Å². The molecule has 0 bridgehead atoms. The first-order valence-corrected chi connectivity index (χ1v) is 10.7. The highest BCUT2D eigenvalue weighted by atomic mass is 32.2. The molecule has 1 N–H and O–H groups in total. The summed E-state index contributed by atoms with van der Waals surface area (Å²) >= 11 is 0. The fourth-order valence-corrected chi connectivity index (χ4v) is 2.82. The van der Waals surface area contributed by atoms with E-state index < -0.39 is 10.1 Å². The van der Waals surface area contributed by atoms with Gasteiger partial charge in [-0.15, -0.1) is 0 Å². The third-order valence-electron chi connectivity index (χ3n) is 3.93. The molecule has 0 aliphatic carbocycles. The summed E-state index contributed by atoms with van der Waals surface area (Å²) in [6.07, 6.45) is 8.85. The van der Waals surface area contributed by atoms with Crippen LogP contribution in [0.2, 0.25) is 0 Å². The molecule has 0 fully saturated rings. The van der Waals surface area contributed by atoms with Crippen LogP contribution in [0.4, 0.5) is 0 Å². The molecule has 160 valence electrons. The molecule has 8 heteroatoms. The van der Waals surface area contributed by atoms with E-state index >= 15 is 0 Å². The van der Waals surface area contributed by atoms with Crippen molar-refractivity contribution in [2.24, 2.45) is 12.1 Å². The average molecular weight is 438 g/mol. The molecule has 1 amide bonds. The molecule has 0 saturated carbocycles. The molecule has 3 rings (SSSR count). The summed E-state index contributed by atoms with van der Waals surface area (Å²) in [6, 6.07) is 19.2. The summed E-state index contributed by atoms with van der Waals surface area (Å²) in [5, 5.41) is 3.87. The number of benzene rings is 2. The second-order valence-electron chi connectivity index (χ2n) is 6.51. The smallest absolute Gasteiger partial charge is 0.277 e. The number of nitrogens with one attached hydrogen (secondary N) is 1. The van der Waals surface area contributed by atoms with Gasteiger partial charge in [0, 0.05) is 12.3 Å². The molecular weight excluding hydrogens is 414 g/mol. The number of aromatic nitrogens is 1. The summed E-state index contributed by atoms with van der Waals surface area (Å²) in [7, 11) is -2.41. The van der Waals surface area contributed by atoms with Gasteiger partial charge in [0.2, 0.25) is 0 Å². The van der Waals surface area contributed by atoms with E-state index in [1.54, 1.807) is 36.7 Å². The van der Waals surface area contributed by atoms with Crippen LogP contribution in [0, 0.1) is 6.92 Å². The molecule has 2 aromatic carbocycles. The van der Waals surface area contributed by atoms with Gasteiger partial charge >= 0.3 is 0 Å². The Morgan fingerprint density at radius 1 is 1.03 bits per heavy atom. The van der Waals surface area contributed by atoms with E-state index in [0.717, 1.165) is 11.1 Å². The van der Waals surface area contributed by atoms with E-state index in [4.69, 9.17) is 0 Å². The first-order valence-electron chi connectivity index (χ1n) is 9.29. The maximum Gasteiger partial charge on any atom is 0.277 e.